The molecule has 0 atom stereocenters. The van der Waals surface area contributed by atoms with Crippen LogP contribution >= 0.6 is 15.9 Å². The molecule has 0 aliphatic carbocycles. The first-order valence-electron chi connectivity index (χ1n) is 7.17. The third kappa shape index (κ3) is 3.68. The quantitative estimate of drug-likeness (QED) is 0.636. The van der Waals surface area contributed by atoms with E-state index in [0.29, 0.717) is 24.2 Å². The van der Waals surface area contributed by atoms with E-state index in [0.717, 1.165) is 15.4 Å². The van der Waals surface area contributed by atoms with Crippen LogP contribution in [0.4, 0.5) is 4.39 Å². The summed E-state index contributed by atoms with van der Waals surface area (Å²) in [6, 6.07) is 13.8. The van der Waals surface area contributed by atoms with Gasteiger partial charge in [0.2, 0.25) is 0 Å². The van der Waals surface area contributed by atoms with Gasteiger partial charge < -0.3 is 4.42 Å². The first-order valence-corrected chi connectivity index (χ1v) is 7.96. The summed E-state index contributed by atoms with van der Waals surface area (Å²) in [7, 11) is 1.89. The number of nitrogens with zero attached hydrogens (tertiary/aromatic N) is 1. The molecule has 2 aromatic carbocycles. The highest BCUT2D eigenvalue weighted by Gasteiger charge is 2.10. The van der Waals surface area contributed by atoms with E-state index >= 15 is 0 Å². The third-order valence-corrected chi connectivity index (χ3v) is 4.12. The Hall–Kier alpha value is -1.98. The molecule has 118 valence electrons. The molecular weight excluding hydrogens is 361 g/mol. The van der Waals surface area contributed by atoms with Crippen molar-refractivity contribution in [3.05, 3.63) is 80.4 Å². The summed E-state index contributed by atoms with van der Waals surface area (Å²) in [5.74, 6) is -0.222. The summed E-state index contributed by atoms with van der Waals surface area (Å²) in [6.45, 7) is 0.989. The van der Waals surface area contributed by atoms with Crippen molar-refractivity contribution in [3.8, 4) is 0 Å². The first-order chi connectivity index (χ1) is 11.0. The van der Waals surface area contributed by atoms with Crippen LogP contribution in [0.1, 0.15) is 11.1 Å². The zero-order valence-electron chi connectivity index (χ0n) is 12.6. The fourth-order valence-electron chi connectivity index (χ4n) is 2.60. The smallest absolute Gasteiger partial charge is 0.336 e. The van der Waals surface area contributed by atoms with Crippen molar-refractivity contribution in [2.75, 3.05) is 7.05 Å². The molecule has 0 amide bonds. The molecule has 0 fully saturated rings. The third-order valence-electron chi connectivity index (χ3n) is 3.63. The molecule has 3 aromatic rings. The van der Waals surface area contributed by atoms with Gasteiger partial charge in [0.05, 0.1) is 0 Å². The van der Waals surface area contributed by atoms with Crippen LogP contribution < -0.4 is 5.63 Å². The molecule has 0 saturated heterocycles. The largest absolute Gasteiger partial charge is 0.423 e. The van der Waals surface area contributed by atoms with Crippen LogP contribution in [0.3, 0.4) is 0 Å². The topological polar surface area (TPSA) is 33.5 Å². The predicted molar refractivity (Wildman–Crippen MR) is 91.8 cm³/mol. The monoisotopic (exact) mass is 375 g/mol. The lowest BCUT2D eigenvalue weighted by Crippen LogP contribution is -2.19. The lowest BCUT2D eigenvalue weighted by atomic mass is 10.1. The van der Waals surface area contributed by atoms with Crippen LogP contribution in [0.2, 0.25) is 0 Å². The van der Waals surface area contributed by atoms with Gasteiger partial charge in [-0.3, -0.25) is 4.90 Å². The Bertz CT molecular complexity index is 907. The van der Waals surface area contributed by atoms with E-state index in [-0.39, 0.29) is 11.4 Å². The van der Waals surface area contributed by atoms with Gasteiger partial charge in [-0.15, -0.1) is 0 Å². The van der Waals surface area contributed by atoms with Gasteiger partial charge in [-0.05, 0) is 36.9 Å². The molecule has 5 heteroatoms. The van der Waals surface area contributed by atoms with E-state index in [1.54, 1.807) is 18.2 Å². The lowest BCUT2D eigenvalue weighted by Gasteiger charge is -2.18. The Balaban J connectivity index is 1.89. The summed E-state index contributed by atoms with van der Waals surface area (Å²) in [4.78, 5) is 13.7. The van der Waals surface area contributed by atoms with E-state index in [4.69, 9.17) is 4.42 Å². The second kappa shape index (κ2) is 6.64. The minimum absolute atomic E-state index is 0.222. The minimum Gasteiger partial charge on any atom is -0.423 e. The van der Waals surface area contributed by atoms with E-state index in [1.807, 2.05) is 30.1 Å². The molecule has 0 bridgehead atoms. The summed E-state index contributed by atoms with van der Waals surface area (Å²) >= 11 is 3.37. The van der Waals surface area contributed by atoms with E-state index in [1.165, 1.54) is 12.1 Å². The number of fused-ring (bicyclic) bond motifs is 1. The maximum atomic E-state index is 13.8. The normalized spacial score (nSPS) is 11.3. The van der Waals surface area contributed by atoms with Crippen LogP contribution in [0, 0.1) is 5.82 Å². The van der Waals surface area contributed by atoms with Gasteiger partial charge in [-0.1, -0.05) is 34.1 Å². The van der Waals surface area contributed by atoms with Gasteiger partial charge in [0.25, 0.3) is 0 Å². The number of hydrogen-bond acceptors (Lipinski definition) is 3. The van der Waals surface area contributed by atoms with Crippen molar-refractivity contribution in [1.29, 1.82) is 0 Å². The summed E-state index contributed by atoms with van der Waals surface area (Å²) in [6.07, 6.45) is 0. The van der Waals surface area contributed by atoms with E-state index in [2.05, 4.69) is 15.9 Å². The highest BCUT2D eigenvalue weighted by molar-refractivity contribution is 9.10. The number of halogens is 2. The van der Waals surface area contributed by atoms with Crippen molar-refractivity contribution >= 4 is 26.9 Å². The second-order valence-corrected chi connectivity index (χ2v) is 6.41. The Morgan fingerprint density at radius 2 is 1.83 bits per heavy atom. The maximum absolute atomic E-state index is 13.8. The average Bonchev–Trinajstić information content (AvgIpc) is 2.49. The molecule has 0 unspecified atom stereocenters. The highest BCUT2D eigenvalue weighted by Crippen LogP contribution is 2.23. The van der Waals surface area contributed by atoms with Gasteiger partial charge in [0.1, 0.15) is 11.4 Å². The molecule has 0 saturated carbocycles. The Morgan fingerprint density at radius 3 is 2.61 bits per heavy atom. The summed E-state index contributed by atoms with van der Waals surface area (Å²) in [5, 5.41) is 0.883. The van der Waals surface area contributed by atoms with Crippen LogP contribution in [-0.4, -0.2) is 11.9 Å². The molecule has 1 heterocycles. The fraction of sp³-hybridized carbons (Fsp3) is 0.167. The van der Waals surface area contributed by atoms with Crippen LogP contribution in [0.15, 0.2) is 62.2 Å². The van der Waals surface area contributed by atoms with Crippen LogP contribution in [0.25, 0.3) is 11.0 Å². The van der Waals surface area contributed by atoms with Gasteiger partial charge in [0, 0.05) is 34.6 Å². The number of benzene rings is 2. The molecule has 0 N–H and O–H groups in total. The van der Waals surface area contributed by atoms with Crippen LogP contribution in [0.5, 0.6) is 0 Å². The summed E-state index contributed by atoms with van der Waals surface area (Å²) in [5.41, 5.74) is 1.65. The molecular formula is C18H15BrFNO2. The maximum Gasteiger partial charge on any atom is 0.336 e. The van der Waals surface area contributed by atoms with Gasteiger partial charge in [-0.2, -0.15) is 0 Å². The summed E-state index contributed by atoms with van der Waals surface area (Å²) < 4.78 is 19.8. The number of hydrogen-bond donors (Lipinski definition) is 0. The minimum atomic E-state index is -0.384. The first kappa shape index (κ1) is 15.9. The van der Waals surface area contributed by atoms with Crippen LogP contribution in [-0.2, 0) is 13.1 Å². The van der Waals surface area contributed by atoms with Crippen molar-refractivity contribution in [2.45, 2.75) is 13.1 Å². The average molecular weight is 376 g/mol. The predicted octanol–water partition coefficient (Wildman–Crippen LogP) is 4.33. The van der Waals surface area contributed by atoms with Crippen molar-refractivity contribution < 1.29 is 8.81 Å². The molecule has 0 spiro atoms. The Kier molecular flexibility index (Phi) is 4.59. The molecule has 0 aliphatic heterocycles. The Morgan fingerprint density at radius 1 is 1.09 bits per heavy atom. The van der Waals surface area contributed by atoms with Crippen molar-refractivity contribution in [1.82, 2.24) is 4.90 Å². The van der Waals surface area contributed by atoms with Crippen molar-refractivity contribution in [2.24, 2.45) is 0 Å². The standard InChI is InChI=1S/C18H15BrFNO2/c1-21(10-12-4-2-3-5-16(12)20)11-13-8-18(22)23-17-9-14(19)6-7-15(13)17/h2-9H,10-11H2,1H3. The van der Waals surface area contributed by atoms with E-state index < -0.39 is 0 Å². The van der Waals surface area contributed by atoms with Gasteiger partial charge in [-0.25, -0.2) is 9.18 Å². The number of rotatable bonds is 4. The molecule has 3 nitrogen and oxygen atoms in total. The Labute approximate surface area is 141 Å². The molecule has 1 aromatic heterocycles. The fourth-order valence-corrected chi connectivity index (χ4v) is 2.94. The zero-order valence-corrected chi connectivity index (χ0v) is 14.1. The molecule has 23 heavy (non-hydrogen) atoms. The van der Waals surface area contributed by atoms with E-state index in [9.17, 15) is 9.18 Å². The van der Waals surface area contributed by atoms with Gasteiger partial charge >= 0.3 is 5.63 Å². The lowest BCUT2D eigenvalue weighted by molar-refractivity contribution is 0.314. The molecule has 0 radical (unpaired) electrons. The molecule has 3 rings (SSSR count). The second-order valence-electron chi connectivity index (χ2n) is 5.49. The van der Waals surface area contributed by atoms with Gasteiger partial charge in [0.15, 0.2) is 0 Å². The van der Waals surface area contributed by atoms with Crippen molar-refractivity contribution in [3.63, 3.8) is 0 Å². The zero-order chi connectivity index (χ0) is 16.4. The SMILES string of the molecule is CN(Cc1ccccc1F)Cc1cc(=O)oc2cc(Br)ccc12. The molecule has 0 aliphatic rings. The highest BCUT2D eigenvalue weighted by atomic mass is 79.9.